The molecular weight excluding hydrogens is 290 g/mol. The average molecular weight is 306 g/mol. The Morgan fingerprint density at radius 2 is 1.71 bits per heavy atom. The van der Waals surface area contributed by atoms with E-state index in [0.717, 1.165) is 0 Å². The number of Topliss-reactive ketones (excluding diaryl/α,β-unsaturated/α-hetero) is 1. The molecule has 0 aliphatic rings. The van der Waals surface area contributed by atoms with Gasteiger partial charge < -0.3 is 9.84 Å². The number of rotatable bonds is 4. The molecule has 0 aromatic heterocycles. The minimum Gasteiger partial charge on any atom is -0.460 e. The Labute approximate surface area is 115 Å². The van der Waals surface area contributed by atoms with Gasteiger partial charge in [-0.05, 0) is 20.8 Å². The number of hydrogen-bond donors (Lipinski definition) is 1. The van der Waals surface area contributed by atoms with Gasteiger partial charge in [0.15, 0.2) is 0 Å². The first kappa shape index (κ1) is 17.0. The molecular formula is C10H15Cl3O4. The molecule has 0 aliphatic carbocycles. The summed E-state index contributed by atoms with van der Waals surface area (Å²) >= 11 is 16.1. The van der Waals surface area contributed by atoms with Gasteiger partial charge in [-0.15, -0.1) is 0 Å². The summed E-state index contributed by atoms with van der Waals surface area (Å²) in [4.78, 5) is 22.6. The van der Waals surface area contributed by atoms with Gasteiger partial charge in [0.25, 0.3) is 0 Å². The Morgan fingerprint density at radius 1 is 1.24 bits per heavy atom. The summed E-state index contributed by atoms with van der Waals surface area (Å²) in [5.41, 5.74) is -0.662. The molecule has 0 bridgehead atoms. The van der Waals surface area contributed by atoms with Gasteiger partial charge in [0, 0.05) is 6.42 Å². The van der Waals surface area contributed by atoms with Crippen molar-refractivity contribution in [1.29, 1.82) is 0 Å². The van der Waals surface area contributed by atoms with Crippen molar-refractivity contribution in [2.75, 3.05) is 0 Å². The van der Waals surface area contributed by atoms with Crippen LogP contribution in [0.2, 0.25) is 0 Å². The van der Waals surface area contributed by atoms with Crippen LogP contribution in [0.25, 0.3) is 0 Å². The van der Waals surface area contributed by atoms with E-state index in [1.165, 1.54) is 0 Å². The molecule has 0 fully saturated rings. The molecule has 0 aromatic rings. The van der Waals surface area contributed by atoms with Crippen molar-refractivity contribution in [2.45, 2.75) is 49.1 Å². The minimum absolute atomic E-state index is 0.407. The van der Waals surface area contributed by atoms with E-state index >= 15 is 0 Å². The highest BCUT2D eigenvalue weighted by Crippen LogP contribution is 2.32. The van der Waals surface area contributed by atoms with Crippen molar-refractivity contribution in [1.82, 2.24) is 0 Å². The minimum atomic E-state index is -1.94. The van der Waals surface area contributed by atoms with E-state index in [9.17, 15) is 14.7 Å². The van der Waals surface area contributed by atoms with E-state index in [-0.39, 0.29) is 0 Å². The van der Waals surface area contributed by atoms with Crippen LogP contribution in [0, 0.1) is 0 Å². The highest BCUT2D eigenvalue weighted by atomic mass is 35.6. The summed E-state index contributed by atoms with van der Waals surface area (Å²) in [6, 6.07) is 0. The summed E-state index contributed by atoms with van der Waals surface area (Å²) in [5.74, 6) is -1.21. The van der Waals surface area contributed by atoms with Crippen LogP contribution in [-0.2, 0) is 14.3 Å². The van der Waals surface area contributed by atoms with Crippen LogP contribution < -0.4 is 0 Å². The largest absolute Gasteiger partial charge is 0.460 e. The second kappa shape index (κ2) is 6.23. The van der Waals surface area contributed by atoms with Gasteiger partial charge >= 0.3 is 5.97 Å². The number of carbonyl (C=O) groups is 2. The van der Waals surface area contributed by atoms with Crippen molar-refractivity contribution in [3.05, 3.63) is 0 Å². The zero-order chi connectivity index (χ0) is 13.9. The van der Waals surface area contributed by atoms with Gasteiger partial charge in [-0.1, -0.05) is 34.8 Å². The molecule has 17 heavy (non-hydrogen) atoms. The standard InChI is InChI=1S/C10H15Cl3O4/c1-9(2,3)17-8(16)5-6(14)4-7(15)10(11,12)13/h7,15H,4-5H2,1-3H3/t7-/m1/s1. The fourth-order valence-corrected chi connectivity index (χ4v) is 1.17. The molecule has 0 saturated carbocycles. The molecule has 0 amide bonds. The van der Waals surface area contributed by atoms with Gasteiger partial charge in [0.1, 0.15) is 23.9 Å². The lowest BCUT2D eigenvalue weighted by Gasteiger charge is -2.20. The number of halogens is 3. The van der Waals surface area contributed by atoms with Crippen molar-refractivity contribution in [3.63, 3.8) is 0 Å². The smallest absolute Gasteiger partial charge is 0.313 e. The third kappa shape index (κ3) is 8.66. The molecule has 0 heterocycles. The molecule has 1 N–H and O–H groups in total. The van der Waals surface area contributed by atoms with Gasteiger partial charge in [-0.25, -0.2) is 0 Å². The zero-order valence-electron chi connectivity index (χ0n) is 9.80. The number of esters is 1. The van der Waals surface area contributed by atoms with Crippen molar-refractivity contribution in [3.8, 4) is 0 Å². The average Bonchev–Trinajstić information content (AvgIpc) is 1.96. The second-order valence-corrected chi connectivity index (χ2v) is 6.93. The SMILES string of the molecule is CC(C)(C)OC(=O)CC(=O)C[C@@H](O)C(Cl)(Cl)Cl. The van der Waals surface area contributed by atoms with Crippen LogP contribution in [0.1, 0.15) is 33.6 Å². The highest BCUT2D eigenvalue weighted by molar-refractivity contribution is 6.68. The monoisotopic (exact) mass is 304 g/mol. The molecule has 1 atom stereocenters. The number of ketones is 1. The third-order valence-corrected chi connectivity index (χ3v) is 2.32. The molecule has 4 nitrogen and oxygen atoms in total. The van der Waals surface area contributed by atoms with Crippen LogP contribution in [0.3, 0.4) is 0 Å². The summed E-state index contributed by atoms with van der Waals surface area (Å²) in [7, 11) is 0. The Morgan fingerprint density at radius 3 is 2.06 bits per heavy atom. The quantitative estimate of drug-likeness (QED) is 0.492. The van der Waals surface area contributed by atoms with E-state index in [1.807, 2.05) is 0 Å². The van der Waals surface area contributed by atoms with Gasteiger partial charge in [0.05, 0.1) is 0 Å². The molecule has 0 saturated heterocycles. The fourth-order valence-electron chi connectivity index (χ4n) is 0.942. The van der Waals surface area contributed by atoms with E-state index < -0.39 is 40.1 Å². The lowest BCUT2D eigenvalue weighted by molar-refractivity contribution is -0.156. The maximum Gasteiger partial charge on any atom is 0.313 e. The van der Waals surface area contributed by atoms with Crippen LogP contribution in [-0.4, -0.2) is 32.4 Å². The Hall–Kier alpha value is -0.0300. The maximum absolute atomic E-state index is 11.4. The molecule has 100 valence electrons. The summed E-state index contributed by atoms with van der Waals surface area (Å²) < 4.78 is 2.99. The highest BCUT2D eigenvalue weighted by Gasteiger charge is 2.33. The topological polar surface area (TPSA) is 63.6 Å². The number of aliphatic hydroxyl groups is 1. The first-order chi connectivity index (χ1) is 7.42. The zero-order valence-corrected chi connectivity index (χ0v) is 12.1. The third-order valence-electron chi connectivity index (χ3n) is 1.56. The number of ether oxygens (including phenoxy) is 1. The summed E-state index contributed by atoms with van der Waals surface area (Å²) in [6.45, 7) is 5.06. The number of aliphatic hydroxyl groups excluding tert-OH is 1. The fraction of sp³-hybridized carbons (Fsp3) is 0.800. The molecule has 0 radical (unpaired) electrons. The van der Waals surface area contributed by atoms with E-state index in [0.29, 0.717) is 0 Å². The molecule has 7 heteroatoms. The van der Waals surface area contributed by atoms with Gasteiger partial charge in [0.2, 0.25) is 3.79 Å². The van der Waals surface area contributed by atoms with Gasteiger partial charge in [-0.3, -0.25) is 9.59 Å². The maximum atomic E-state index is 11.4. The Balaban J connectivity index is 4.16. The normalized spacial score (nSPS) is 14.3. The molecule has 0 unspecified atom stereocenters. The number of hydrogen-bond acceptors (Lipinski definition) is 4. The van der Waals surface area contributed by atoms with Crippen molar-refractivity contribution in [2.24, 2.45) is 0 Å². The van der Waals surface area contributed by atoms with E-state index in [2.05, 4.69) is 0 Å². The molecule has 0 rings (SSSR count). The lowest BCUT2D eigenvalue weighted by Crippen LogP contribution is -2.30. The lowest BCUT2D eigenvalue weighted by atomic mass is 10.1. The van der Waals surface area contributed by atoms with E-state index in [4.69, 9.17) is 39.5 Å². The van der Waals surface area contributed by atoms with Crippen LogP contribution >= 0.6 is 34.8 Å². The van der Waals surface area contributed by atoms with Crippen molar-refractivity contribution < 1.29 is 19.4 Å². The van der Waals surface area contributed by atoms with Crippen LogP contribution in [0.5, 0.6) is 0 Å². The first-order valence-corrected chi connectivity index (χ1v) is 6.03. The summed E-state index contributed by atoms with van der Waals surface area (Å²) in [6.07, 6.45) is -2.30. The van der Waals surface area contributed by atoms with Crippen LogP contribution in [0.15, 0.2) is 0 Å². The van der Waals surface area contributed by atoms with Gasteiger partial charge in [-0.2, -0.15) is 0 Å². The summed E-state index contributed by atoms with van der Waals surface area (Å²) in [5, 5.41) is 9.33. The van der Waals surface area contributed by atoms with Crippen LogP contribution in [0.4, 0.5) is 0 Å². The van der Waals surface area contributed by atoms with Crippen molar-refractivity contribution >= 4 is 46.6 Å². The number of alkyl halides is 3. The van der Waals surface area contributed by atoms with E-state index in [1.54, 1.807) is 20.8 Å². The molecule has 0 aromatic carbocycles. The molecule has 0 spiro atoms. The second-order valence-electron chi connectivity index (χ2n) is 4.56. The predicted molar refractivity (Wildman–Crippen MR) is 66.4 cm³/mol. The first-order valence-electron chi connectivity index (χ1n) is 4.90. The number of carbonyl (C=O) groups excluding carboxylic acids is 2. The Bertz CT molecular complexity index is 291. The Kier molecular flexibility index (Phi) is 6.22. The predicted octanol–water partition coefficient (Wildman–Crippen LogP) is 2.41. The molecule has 0 aliphatic heterocycles.